The van der Waals surface area contributed by atoms with Crippen LogP contribution in [0.1, 0.15) is 18.5 Å². The van der Waals surface area contributed by atoms with Gasteiger partial charge >= 0.3 is 0 Å². The molecule has 0 aliphatic rings. The monoisotopic (exact) mass is 165 g/mol. The minimum Gasteiger partial charge on any atom is -0.211 e. The van der Waals surface area contributed by atoms with E-state index in [1.165, 1.54) is 18.2 Å². The van der Waals surface area contributed by atoms with Crippen LogP contribution in [-0.4, -0.2) is 6.08 Å². The number of isocyanates is 1. The second-order valence-corrected chi connectivity index (χ2v) is 2.45. The zero-order valence-electron chi connectivity index (χ0n) is 6.62. The van der Waals surface area contributed by atoms with Crippen LogP contribution in [0.4, 0.5) is 4.39 Å². The average molecular weight is 165 g/mol. The summed E-state index contributed by atoms with van der Waals surface area (Å²) in [6.07, 6.45) is 1.44. The molecule has 1 rings (SSSR count). The molecule has 1 unspecified atom stereocenters. The first-order valence-corrected chi connectivity index (χ1v) is 3.56. The van der Waals surface area contributed by atoms with Crippen LogP contribution in [0.15, 0.2) is 29.3 Å². The Balaban J connectivity index is 2.94. The van der Waals surface area contributed by atoms with Crippen LogP contribution < -0.4 is 0 Å². The van der Waals surface area contributed by atoms with Crippen LogP contribution in [0.2, 0.25) is 0 Å². The van der Waals surface area contributed by atoms with Gasteiger partial charge in [-0.2, -0.15) is 4.99 Å². The molecule has 0 spiro atoms. The number of halogens is 1. The van der Waals surface area contributed by atoms with E-state index in [4.69, 9.17) is 0 Å². The average Bonchev–Trinajstić information content (AvgIpc) is 2.05. The number of aliphatic imine (C=N–C) groups is 1. The molecule has 0 aliphatic heterocycles. The minimum absolute atomic E-state index is 0.319. The van der Waals surface area contributed by atoms with E-state index in [0.717, 1.165) is 0 Å². The summed E-state index contributed by atoms with van der Waals surface area (Å²) >= 11 is 0. The van der Waals surface area contributed by atoms with Crippen LogP contribution >= 0.6 is 0 Å². The van der Waals surface area contributed by atoms with E-state index < -0.39 is 0 Å². The summed E-state index contributed by atoms with van der Waals surface area (Å²) in [6.45, 7) is 1.71. The quantitative estimate of drug-likeness (QED) is 0.488. The second kappa shape index (κ2) is 3.79. The van der Waals surface area contributed by atoms with Crippen molar-refractivity contribution in [2.45, 2.75) is 13.0 Å². The lowest BCUT2D eigenvalue weighted by Gasteiger charge is -2.02. The number of benzene rings is 1. The minimum atomic E-state index is -0.321. The summed E-state index contributed by atoms with van der Waals surface area (Å²) < 4.78 is 12.6. The summed E-state index contributed by atoms with van der Waals surface area (Å²) in [5, 5.41) is 0. The molecule has 0 aromatic heterocycles. The van der Waals surface area contributed by atoms with Crippen molar-refractivity contribution in [3.8, 4) is 0 Å². The Morgan fingerprint density at radius 2 is 2.33 bits per heavy atom. The maximum absolute atomic E-state index is 12.6. The summed E-state index contributed by atoms with van der Waals surface area (Å²) in [5.74, 6) is -0.319. The van der Waals surface area contributed by atoms with Gasteiger partial charge in [-0.1, -0.05) is 12.1 Å². The third-order valence-electron chi connectivity index (χ3n) is 1.58. The highest BCUT2D eigenvalue weighted by Crippen LogP contribution is 2.16. The van der Waals surface area contributed by atoms with Crippen molar-refractivity contribution in [1.82, 2.24) is 0 Å². The first kappa shape index (κ1) is 8.62. The van der Waals surface area contributed by atoms with Crippen molar-refractivity contribution in [2.75, 3.05) is 0 Å². The van der Waals surface area contributed by atoms with Crippen LogP contribution in [0.5, 0.6) is 0 Å². The molecule has 0 bridgehead atoms. The molecule has 12 heavy (non-hydrogen) atoms. The van der Waals surface area contributed by atoms with Gasteiger partial charge in [-0.25, -0.2) is 9.18 Å². The van der Waals surface area contributed by atoms with Gasteiger partial charge in [0.25, 0.3) is 0 Å². The second-order valence-electron chi connectivity index (χ2n) is 2.45. The molecule has 62 valence electrons. The van der Waals surface area contributed by atoms with Crippen LogP contribution in [0.3, 0.4) is 0 Å². The molecule has 0 amide bonds. The maximum Gasteiger partial charge on any atom is 0.235 e. The Morgan fingerprint density at radius 3 is 2.92 bits per heavy atom. The van der Waals surface area contributed by atoms with Crippen molar-refractivity contribution in [3.63, 3.8) is 0 Å². The van der Waals surface area contributed by atoms with Gasteiger partial charge in [0.15, 0.2) is 0 Å². The molecule has 0 saturated carbocycles. The van der Waals surface area contributed by atoms with E-state index in [2.05, 4.69) is 4.99 Å². The first-order valence-electron chi connectivity index (χ1n) is 3.56. The highest BCUT2D eigenvalue weighted by atomic mass is 19.1. The Labute approximate surface area is 69.7 Å². The topological polar surface area (TPSA) is 29.4 Å². The molecule has 0 radical (unpaired) electrons. The smallest absolute Gasteiger partial charge is 0.211 e. The van der Waals surface area contributed by atoms with Crippen LogP contribution in [0.25, 0.3) is 0 Å². The van der Waals surface area contributed by atoms with Crippen molar-refractivity contribution in [2.24, 2.45) is 4.99 Å². The Bertz CT molecular complexity index is 318. The number of carbonyl (C=O) groups excluding carboxylic acids is 1. The van der Waals surface area contributed by atoms with E-state index in [-0.39, 0.29) is 11.9 Å². The zero-order valence-corrected chi connectivity index (χ0v) is 6.62. The summed E-state index contributed by atoms with van der Waals surface area (Å²) in [7, 11) is 0. The molecule has 3 heteroatoms. The Hall–Kier alpha value is -1.47. The fourth-order valence-corrected chi connectivity index (χ4v) is 0.920. The van der Waals surface area contributed by atoms with Gasteiger partial charge in [0.2, 0.25) is 6.08 Å². The number of hydrogen-bond acceptors (Lipinski definition) is 2. The zero-order chi connectivity index (χ0) is 8.97. The van der Waals surface area contributed by atoms with Crippen molar-refractivity contribution in [1.29, 1.82) is 0 Å². The van der Waals surface area contributed by atoms with Gasteiger partial charge in [0, 0.05) is 0 Å². The lowest BCUT2D eigenvalue weighted by molar-refractivity contribution is 0.559. The molecule has 1 aromatic rings. The number of hydrogen-bond donors (Lipinski definition) is 0. The van der Waals surface area contributed by atoms with E-state index in [1.54, 1.807) is 19.1 Å². The van der Waals surface area contributed by atoms with Gasteiger partial charge in [0.1, 0.15) is 5.82 Å². The molecule has 0 aliphatic carbocycles. The highest BCUT2D eigenvalue weighted by molar-refractivity contribution is 5.35. The summed E-state index contributed by atoms with van der Waals surface area (Å²) in [6, 6.07) is 5.68. The van der Waals surface area contributed by atoms with Crippen LogP contribution in [-0.2, 0) is 4.79 Å². The van der Waals surface area contributed by atoms with E-state index in [9.17, 15) is 9.18 Å². The molecule has 0 N–H and O–H groups in total. The van der Waals surface area contributed by atoms with Gasteiger partial charge in [-0.05, 0) is 24.6 Å². The molecule has 0 heterocycles. The fraction of sp³-hybridized carbons (Fsp3) is 0.222. The predicted octanol–water partition coefficient (Wildman–Crippen LogP) is 2.22. The lowest BCUT2D eigenvalue weighted by Crippen LogP contribution is -1.89. The van der Waals surface area contributed by atoms with Crippen molar-refractivity contribution < 1.29 is 9.18 Å². The largest absolute Gasteiger partial charge is 0.235 e. The van der Waals surface area contributed by atoms with E-state index in [0.29, 0.717) is 5.56 Å². The van der Waals surface area contributed by atoms with Crippen LogP contribution in [0, 0.1) is 5.82 Å². The highest BCUT2D eigenvalue weighted by Gasteiger charge is 2.02. The van der Waals surface area contributed by atoms with Gasteiger partial charge in [0.05, 0.1) is 6.04 Å². The predicted molar refractivity (Wildman–Crippen MR) is 42.9 cm³/mol. The van der Waals surface area contributed by atoms with E-state index in [1.807, 2.05) is 0 Å². The molecule has 1 aromatic carbocycles. The molecular weight excluding hydrogens is 157 g/mol. The molecular formula is C9H8FNO. The Kier molecular flexibility index (Phi) is 2.72. The fourth-order valence-electron chi connectivity index (χ4n) is 0.920. The molecule has 2 nitrogen and oxygen atoms in total. The molecule has 0 saturated heterocycles. The summed E-state index contributed by atoms with van der Waals surface area (Å²) in [4.78, 5) is 13.4. The standard InChI is InChI=1S/C9H8FNO/c1-7(11-6-12)8-3-2-4-9(10)5-8/h2-5,7H,1H3. The van der Waals surface area contributed by atoms with Gasteiger partial charge < -0.3 is 0 Å². The Morgan fingerprint density at radius 1 is 1.58 bits per heavy atom. The van der Waals surface area contributed by atoms with E-state index >= 15 is 0 Å². The SMILES string of the molecule is CC(N=C=O)c1cccc(F)c1. The number of rotatable bonds is 2. The lowest BCUT2D eigenvalue weighted by atomic mass is 10.1. The van der Waals surface area contributed by atoms with Gasteiger partial charge in [-0.3, -0.25) is 0 Å². The first-order chi connectivity index (χ1) is 5.74. The molecule has 0 fully saturated rings. The third kappa shape index (κ3) is 2.01. The van der Waals surface area contributed by atoms with Crippen molar-refractivity contribution >= 4 is 6.08 Å². The normalized spacial score (nSPS) is 11.8. The van der Waals surface area contributed by atoms with Crippen molar-refractivity contribution in [3.05, 3.63) is 35.6 Å². The molecule has 1 atom stereocenters. The third-order valence-corrected chi connectivity index (χ3v) is 1.58. The maximum atomic E-state index is 12.6. The summed E-state index contributed by atoms with van der Waals surface area (Å²) in [5.41, 5.74) is 0.679. The van der Waals surface area contributed by atoms with Gasteiger partial charge in [-0.15, -0.1) is 0 Å². The number of nitrogens with zero attached hydrogens (tertiary/aromatic N) is 1.